The molecule has 82 valence electrons. The fraction of sp³-hybridized carbons (Fsp3) is 0.500. The summed E-state index contributed by atoms with van der Waals surface area (Å²) in [6.07, 6.45) is 1.99. The molecule has 2 N–H and O–H groups in total. The van der Waals surface area contributed by atoms with E-state index in [-0.39, 0.29) is 17.8 Å². The van der Waals surface area contributed by atoms with E-state index >= 15 is 0 Å². The summed E-state index contributed by atoms with van der Waals surface area (Å²) in [6, 6.07) is 5.71. The quantitative estimate of drug-likeness (QED) is 0.832. The van der Waals surface area contributed by atoms with Crippen molar-refractivity contribution in [2.24, 2.45) is 11.7 Å². The first-order valence-corrected chi connectivity index (χ1v) is 6.10. The average Bonchev–Trinajstić information content (AvgIpc) is 2.53. The van der Waals surface area contributed by atoms with Crippen molar-refractivity contribution in [3.8, 4) is 0 Å². The summed E-state index contributed by atoms with van der Waals surface area (Å²) < 4.78 is 14.4. The molecule has 3 atom stereocenters. The Kier molecular flexibility index (Phi) is 3.12. The van der Waals surface area contributed by atoms with Gasteiger partial charge in [-0.1, -0.05) is 19.1 Å². The van der Waals surface area contributed by atoms with Gasteiger partial charge in [-0.3, -0.25) is 0 Å². The number of nitrogens with two attached hydrogens (primary N) is 1. The van der Waals surface area contributed by atoms with Crippen LogP contribution in [0.5, 0.6) is 0 Å². The second-order valence-corrected chi connectivity index (χ2v) is 5.20. The minimum atomic E-state index is -0.122. The van der Waals surface area contributed by atoms with Crippen LogP contribution in [0, 0.1) is 11.7 Å². The van der Waals surface area contributed by atoms with Crippen molar-refractivity contribution in [3.63, 3.8) is 0 Å². The molecule has 0 heterocycles. The lowest BCUT2D eigenvalue weighted by Gasteiger charge is -2.19. The van der Waals surface area contributed by atoms with Crippen LogP contribution in [0.4, 0.5) is 4.39 Å². The summed E-state index contributed by atoms with van der Waals surface area (Å²) in [5.74, 6) is 0.523. The lowest BCUT2D eigenvalue weighted by atomic mass is 9.89. The number of benzene rings is 1. The fourth-order valence-corrected chi connectivity index (χ4v) is 2.82. The Hall–Kier alpha value is -0.410. The Balaban J connectivity index is 2.34. The molecule has 1 aliphatic carbocycles. The van der Waals surface area contributed by atoms with Crippen LogP contribution in [0.25, 0.3) is 0 Å². The van der Waals surface area contributed by atoms with E-state index in [2.05, 4.69) is 22.9 Å². The topological polar surface area (TPSA) is 26.0 Å². The van der Waals surface area contributed by atoms with Gasteiger partial charge in [0.1, 0.15) is 5.82 Å². The molecule has 0 aliphatic heterocycles. The van der Waals surface area contributed by atoms with E-state index in [1.807, 2.05) is 12.1 Å². The van der Waals surface area contributed by atoms with Gasteiger partial charge < -0.3 is 5.73 Å². The van der Waals surface area contributed by atoms with E-state index in [0.29, 0.717) is 10.4 Å². The predicted octanol–water partition coefficient (Wildman–Crippen LogP) is 3.43. The van der Waals surface area contributed by atoms with Gasteiger partial charge in [0.15, 0.2) is 0 Å². The predicted molar refractivity (Wildman–Crippen MR) is 63.2 cm³/mol. The minimum absolute atomic E-state index is 0.122. The highest BCUT2D eigenvalue weighted by Crippen LogP contribution is 2.40. The third-order valence-electron chi connectivity index (χ3n) is 3.50. The molecule has 3 heteroatoms. The van der Waals surface area contributed by atoms with E-state index in [1.54, 1.807) is 6.07 Å². The van der Waals surface area contributed by atoms with Crippen molar-refractivity contribution in [1.29, 1.82) is 0 Å². The van der Waals surface area contributed by atoms with Gasteiger partial charge in [0.2, 0.25) is 0 Å². The molecule has 1 nitrogen and oxygen atoms in total. The van der Waals surface area contributed by atoms with Crippen LogP contribution in [-0.4, -0.2) is 6.04 Å². The Bertz CT molecular complexity index is 367. The Labute approximate surface area is 98.0 Å². The molecule has 1 fully saturated rings. The summed E-state index contributed by atoms with van der Waals surface area (Å²) >= 11 is 3.22. The van der Waals surface area contributed by atoms with Gasteiger partial charge in [-0.05, 0) is 52.2 Å². The Morgan fingerprint density at radius 2 is 2.13 bits per heavy atom. The maximum atomic E-state index is 13.9. The van der Waals surface area contributed by atoms with E-state index in [4.69, 9.17) is 5.73 Å². The molecular weight excluding hydrogens is 257 g/mol. The summed E-state index contributed by atoms with van der Waals surface area (Å²) in [5.41, 5.74) is 6.77. The first-order chi connectivity index (χ1) is 7.11. The second-order valence-electron chi connectivity index (χ2n) is 4.35. The molecule has 3 unspecified atom stereocenters. The van der Waals surface area contributed by atoms with E-state index in [9.17, 15) is 4.39 Å². The molecule has 0 saturated heterocycles. The van der Waals surface area contributed by atoms with E-state index in [1.165, 1.54) is 0 Å². The zero-order chi connectivity index (χ0) is 11.0. The summed E-state index contributed by atoms with van der Waals surface area (Å²) in [7, 11) is 0. The van der Waals surface area contributed by atoms with Crippen LogP contribution < -0.4 is 5.73 Å². The molecule has 0 amide bonds. The normalized spacial score (nSPS) is 30.8. The van der Waals surface area contributed by atoms with Crippen LogP contribution in [0.3, 0.4) is 0 Å². The number of halogens is 2. The summed E-state index contributed by atoms with van der Waals surface area (Å²) in [6.45, 7) is 2.11. The molecule has 15 heavy (non-hydrogen) atoms. The summed E-state index contributed by atoms with van der Waals surface area (Å²) in [4.78, 5) is 0. The highest BCUT2D eigenvalue weighted by molar-refractivity contribution is 9.10. The van der Waals surface area contributed by atoms with E-state index < -0.39 is 0 Å². The molecule has 0 spiro atoms. The van der Waals surface area contributed by atoms with Crippen molar-refractivity contribution >= 4 is 15.9 Å². The largest absolute Gasteiger partial charge is 0.327 e. The van der Waals surface area contributed by atoms with Gasteiger partial charge in [0, 0.05) is 6.04 Å². The smallest absolute Gasteiger partial charge is 0.140 e. The maximum absolute atomic E-state index is 13.9. The van der Waals surface area contributed by atoms with Crippen LogP contribution in [-0.2, 0) is 0 Å². The third kappa shape index (κ3) is 1.95. The fourth-order valence-electron chi connectivity index (χ4n) is 2.44. The molecule has 1 aromatic rings. The van der Waals surface area contributed by atoms with Crippen LogP contribution in [0.1, 0.15) is 31.2 Å². The average molecular weight is 272 g/mol. The second kappa shape index (κ2) is 4.22. The van der Waals surface area contributed by atoms with E-state index in [0.717, 1.165) is 18.4 Å². The zero-order valence-electron chi connectivity index (χ0n) is 8.71. The Morgan fingerprint density at radius 1 is 1.40 bits per heavy atom. The van der Waals surface area contributed by atoms with Gasteiger partial charge in [-0.25, -0.2) is 4.39 Å². The zero-order valence-corrected chi connectivity index (χ0v) is 10.3. The molecule has 1 aliphatic rings. The van der Waals surface area contributed by atoms with Gasteiger partial charge in [0.25, 0.3) is 0 Å². The van der Waals surface area contributed by atoms with Crippen LogP contribution in [0.15, 0.2) is 22.7 Å². The molecule has 0 radical (unpaired) electrons. The van der Waals surface area contributed by atoms with Crippen molar-refractivity contribution in [3.05, 3.63) is 34.1 Å². The van der Waals surface area contributed by atoms with Crippen molar-refractivity contribution in [2.45, 2.75) is 31.7 Å². The minimum Gasteiger partial charge on any atom is -0.327 e. The van der Waals surface area contributed by atoms with Gasteiger partial charge >= 0.3 is 0 Å². The molecule has 1 saturated carbocycles. The Morgan fingerprint density at radius 3 is 2.73 bits per heavy atom. The lowest BCUT2D eigenvalue weighted by molar-refractivity contribution is 0.462. The first kappa shape index (κ1) is 11.1. The number of rotatable bonds is 1. The standard InChI is InChI=1S/C12H15BrFN/c1-7-8(5-6-11(7)15)9-3-2-4-10(13)12(9)14/h2-4,7-8,11H,5-6,15H2,1H3. The van der Waals surface area contributed by atoms with Gasteiger partial charge in [-0.15, -0.1) is 0 Å². The molecule has 1 aromatic carbocycles. The third-order valence-corrected chi connectivity index (χ3v) is 4.11. The number of hydrogen-bond donors (Lipinski definition) is 1. The highest BCUT2D eigenvalue weighted by Gasteiger charge is 2.33. The first-order valence-electron chi connectivity index (χ1n) is 5.30. The molecule has 0 aromatic heterocycles. The van der Waals surface area contributed by atoms with Gasteiger partial charge in [-0.2, -0.15) is 0 Å². The van der Waals surface area contributed by atoms with Crippen LogP contribution >= 0.6 is 15.9 Å². The lowest BCUT2D eigenvalue weighted by Crippen LogP contribution is -2.24. The molecule has 0 bridgehead atoms. The SMILES string of the molecule is CC1C(N)CCC1c1cccc(Br)c1F. The molecular formula is C12H15BrFN. The molecule has 2 rings (SSSR count). The number of hydrogen-bond acceptors (Lipinski definition) is 1. The van der Waals surface area contributed by atoms with Crippen molar-refractivity contribution in [1.82, 2.24) is 0 Å². The monoisotopic (exact) mass is 271 g/mol. The maximum Gasteiger partial charge on any atom is 0.140 e. The van der Waals surface area contributed by atoms with Crippen molar-refractivity contribution < 1.29 is 4.39 Å². The van der Waals surface area contributed by atoms with Crippen molar-refractivity contribution in [2.75, 3.05) is 0 Å². The summed E-state index contributed by atoms with van der Waals surface area (Å²) in [5, 5.41) is 0. The highest BCUT2D eigenvalue weighted by atomic mass is 79.9. The van der Waals surface area contributed by atoms with Gasteiger partial charge in [0.05, 0.1) is 4.47 Å². The van der Waals surface area contributed by atoms with Crippen LogP contribution in [0.2, 0.25) is 0 Å².